The zero-order valence-electron chi connectivity index (χ0n) is 10.7. The van der Waals surface area contributed by atoms with Gasteiger partial charge >= 0.3 is 0 Å². The Kier molecular flexibility index (Phi) is 5.58. The molecule has 0 aliphatic rings. The number of carbonyl (C=O) groups is 1. The number of ether oxygens (including phenoxy) is 1. The van der Waals surface area contributed by atoms with Crippen LogP contribution in [0.15, 0.2) is 18.2 Å². The first-order chi connectivity index (χ1) is 8.58. The molecule has 100 valence electrons. The first-order valence-corrected chi connectivity index (χ1v) is 6.07. The lowest BCUT2D eigenvalue weighted by atomic mass is 10.1. The molecule has 5 heteroatoms. The van der Waals surface area contributed by atoms with Crippen LogP contribution in [0, 0.1) is 5.82 Å². The molecule has 0 unspecified atom stereocenters. The average Bonchev–Trinajstić information content (AvgIpc) is 2.33. The van der Waals surface area contributed by atoms with Gasteiger partial charge in [0.05, 0.1) is 12.6 Å². The molecule has 0 spiro atoms. The molecule has 0 aromatic heterocycles. The smallest absolute Gasteiger partial charge is 0.241 e. The van der Waals surface area contributed by atoms with Crippen LogP contribution >= 0.6 is 0 Å². The van der Waals surface area contributed by atoms with Crippen molar-refractivity contribution in [3.8, 4) is 5.75 Å². The third kappa shape index (κ3) is 4.00. The Balaban J connectivity index is 2.68. The van der Waals surface area contributed by atoms with Gasteiger partial charge in [-0.3, -0.25) is 4.79 Å². The number of amides is 1. The first-order valence-electron chi connectivity index (χ1n) is 6.07. The number of hydrogen-bond donors (Lipinski definition) is 2. The Labute approximate surface area is 106 Å². The highest BCUT2D eigenvalue weighted by atomic mass is 19.1. The van der Waals surface area contributed by atoms with E-state index in [4.69, 9.17) is 10.5 Å². The van der Waals surface area contributed by atoms with Gasteiger partial charge in [-0.05, 0) is 25.5 Å². The molecular weight excluding hydrogens is 235 g/mol. The van der Waals surface area contributed by atoms with Crippen molar-refractivity contribution in [2.45, 2.75) is 32.7 Å². The van der Waals surface area contributed by atoms with Crippen molar-refractivity contribution < 1.29 is 13.9 Å². The van der Waals surface area contributed by atoms with Crippen molar-refractivity contribution in [1.82, 2.24) is 0 Å². The van der Waals surface area contributed by atoms with Crippen LogP contribution in [0.1, 0.15) is 26.7 Å². The van der Waals surface area contributed by atoms with Gasteiger partial charge in [0, 0.05) is 11.8 Å². The molecular formula is C13H19FN2O2. The van der Waals surface area contributed by atoms with Crippen LogP contribution in [0.25, 0.3) is 0 Å². The predicted octanol–water partition coefficient (Wildman–Crippen LogP) is 2.29. The molecule has 1 rings (SSSR count). The Morgan fingerprint density at radius 2 is 2.22 bits per heavy atom. The van der Waals surface area contributed by atoms with E-state index >= 15 is 0 Å². The van der Waals surface area contributed by atoms with Crippen molar-refractivity contribution in [2.24, 2.45) is 5.73 Å². The fraction of sp³-hybridized carbons (Fsp3) is 0.462. The summed E-state index contributed by atoms with van der Waals surface area (Å²) in [6.07, 6.45) is 1.43. The number of benzene rings is 1. The fourth-order valence-electron chi connectivity index (χ4n) is 1.53. The molecule has 0 aliphatic heterocycles. The molecule has 0 aliphatic carbocycles. The highest BCUT2D eigenvalue weighted by molar-refractivity contribution is 5.94. The van der Waals surface area contributed by atoms with E-state index in [1.807, 2.05) is 6.92 Å². The molecule has 3 N–H and O–H groups in total. The summed E-state index contributed by atoms with van der Waals surface area (Å²) in [4.78, 5) is 11.6. The fourth-order valence-corrected chi connectivity index (χ4v) is 1.53. The largest absolute Gasteiger partial charge is 0.491 e. The highest BCUT2D eigenvalue weighted by Gasteiger charge is 2.13. The minimum Gasteiger partial charge on any atom is -0.491 e. The molecule has 0 bridgehead atoms. The molecule has 0 fully saturated rings. The van der Waals surface area contributed by atoms with Gasteiger partial charge in [-0.2, -0.15) is 0 Å². The number of hydrogen-bond acceptors (Lipinski definition) is 3. The van der Waals surface area contributed by atoms with Crippen molar-refractivity contribution in [3.63, 3.8) is 0 Å². The van der Waals surface area contributed by atoms with Crippen LogP contribution in [0.2, 0.25) is 0 Å². The Morgan fingerprint density at radius 1 is 1.50 bits per heavy atom. The van der Waals surface area contributed by atoms with Crippen LogP contribution in [0.5, 0.6) is 5.75 Å². The average molecular weight is 254 g/mol. The Hall–Kier alpha value is -1.62. The van der Waals surface area contributed by atoms with Crippen LogP contribution in [-0.4, -0.2) is 18.6 Å². The number of halogens is 1. The molecule has 4 nitrogen and oxygen atoms in total. The standard InChI is InChI=1S/C13H19FN2O2/c1-3-5-11(15)13(17)16-9-6-7-12(18-4-2)10(14)8-9/h6-8,11H,3-5,15H2,1-2H3,(H,16,17)/t11-/m1/s1. The van der Waals surface area contributed by atoms with E-state index in [9.17, 15) is 9.18 Å². The predicted molar refractivity (Wildman–Crippen MR) is 69.1 cm³/mol. The maximum atomic E-state index is 13.5. The Bertz CT molecular complexity index is 410. The zero-order valence-corrected chi connectivity index (χ0v) is 10.7. The van der Waals surface area contributed by atoms with Gasteiger partial charge in [0.25, 0.3) is 0 Å². The number of nitrogens with one attached hydrogen (secondary N) is 1. The second-order valence-electron chi connectivity index (χ2n) is 3.96. The minimum absolute atomic E-state index is 0.174. The van der Waals surface area contributed by atoms with E-state index in [1.54, 1.807) is 13.0 Å². The number of anilines is 1. The van der Waals surface area contributed by atoms with Gasteiger partial charge in [0.15, 0.2) is 11.6 Å². The zero-order chi connectivity index (χ0) is 13.5. The molecule has 1 aromatic carbocycles. The van der Waals surface area contributed by atoms with Gasteiger partial charge in [-0.15, -0.1) is 0 Å². The van der Waals surface area contributed by atoms with Gasteiger partial charge in [0.1, 0.15) is 0 Å². The number of nitrogens with two attached hydrogens (primary N) is 1. The molecule has 0 heterocycles. The minimum atomic E-state index is -0.565. The van der Waals surface area contributed by atoms with Crippen LogP contribution in [0.4, 0.5) is 10.1 Å². The van der Waals surface area contributed by atoms with Crippen LogP contribution in [-0.2, 0) is 4.79 Å². The topological polar surface area (TPSA) is 64.4 Å². The summed E-state index contributed by atoms with van der Waals surface area (Å²) in [6, 6.07) is 3.73. The number of rotatable bonds is 6. The summed E-state index contributed by atoms with van der Waals surface area (Å²) in [5.41, 5.74) is 6.04. The lowest BCUT2D eigenvalue weighted by molar-refractivity contribution is -0.117. The molecule has 1 aromatic rings. The second kappa shape index (κ2) is 6.96. The van der Waals surface area contributed by atoms with E-state index in [0.717, 1.165) is 6.42 Å². The first kappa shape index (κ1) is 14.4. The summed E-state index contributed by atoms with van der Waals surface area (Å²) >= 11 is 0. The van der Waals surface area contributed by atoms with Crippen LogP contribution in [0.3, 0.4) is 0 Å². The third-order valence-electron chi connectivity index (χ3n) is 2.44. The molecule has 0 saturated carbocycles. The van der Waals surface area contributed by atoms with Crippen LogP contribution < -0.4 is 15.8 Å². The van der Waals surface area contributed by atoms with Gasteiger partial charge in [-0.25, -0.2) is 4.39 Å². The highest BCUT2D eigenvalue weighted by Crippen LogP contribution is 2.21. The molecule has 1 atom stereocenters. The lowest BCUT2D eigenvalue weighted by Crippen LogP contribution is -2.35. The van der Waals surface area contributed by atoms with Gasteiger partial charge < -0.3 is 15.8 Å². The summed E-state index contributed by atoms with van der Waals surface area (Å²) < 4.78 is 18.6. The monoisotopic (exact) mass is 254 g/mol. The Morgan fingerprint density at radius 3 is 2.78 bits per heavy atom. The molecule has 1 amide bonds. The maximum absolute atomic E-state index is 13.5. The maximum Gasteiger partial charge on any atom is 0.241 e. The summed E-state index contributed by atoms with van der Waals surface area (Å²) in [7, 11) is 0. The summed E-state index contributed by atoms with van der Waals surface area (Å²) in [5, 5.41) is 2.58. The van der Waals surface area contributed by atoms with Gasteiger partial charge in [0.2, 0.25) is 5.91 Å². The summed E-state index contributed by atoms with van der Waals surface area (Å²) in [6.45, 7) is 4.12. The molecule has 0 saturated heterocycles. The SMILES string of the molecule is CCC[C@@H](N)C(=O)Nc1ccc(OCC)c(F)c1. The van der Waals surface area contributed by atoms with E-state index in [2.05, 4.69) is 5.32 Å². The van der Waals surface area contributed by atoms with Crippen molar-refractivity contribution >= 4 is 11.6 Å². The lowest BCUT2D eigenvalue weighted by Gasteiger charge is -2.12. The van der Waals surface area contributed by atoms with Crippen molar-refractivity contribution in [2.75, 3.05) is 11.9 Å². The van der Waals surface area contributed by atoms with Crippen molar-refractivity contribution in [1.29, 1.82) is 0 Å². The van der Waals surface area contributed by atoms with E-state index in [1.165, 1.54) is 12.1 Å². The van der Waals surface area contributed by atoms with Gasteiger partial charge in [-0.1, -0.05) is 13.3 Å². The van der Waals surface area contributed by atoms with E-state index in [0.29, 0.717) is 18.7 Å². The van der Waals surface area contributed by atoms with E-state index < -0.39 is 11.9 Å². The molecule has 18 heavy (non-hydrogen) atoms. The summed E-state index contributed by atoms with van der Waals surface area (Å²) in [5.74, 6) is -0.632. The van der Waals surface area contributed by atoms with E-state index in [-0.39, 0.29) is 11.7 Å². The second-order valence-corrected chi connectivity index (χ2v) is 3.96. The quantitative estimate of drug-likeness (QED) is 0.818. The molecule has 0 radical (unpaired) electrons. The van der Waals surface area contributed by atoms with Crippen molar-refractivity contribution in [3.05, 3.63) is 24.0 Å². The number of carbonyl (C=O) groups excluding carboxylic acids is 1. The normalized spacial score (nSPS) is 12.0. The third-order valence-corrected chi connectivity index (χ3v) is 2.44.